The van der Waals surface area contributed by atoms with Crippen molar-refractivity contribution in [3.8, 4) is 5.75 Å². The van der Waals surface area contributed by atoms with Crippen molar-refractivity contribution in [3.63, 3.8) is 0 Å². The molecule has 2 rings (SSSR count). The van der Waals surface area contributed by atoms with Gasteiger partial charge in [0.2, 0.25) is 0 Å². The zero-order chi connectivity index (χ0) is 13.7. The number of furan rings is 1. The Morgan fingerprint density at radius 3 is 2.74 bits per heavy atom. The maximum atomic E-state index is 5.77. The van der Waals surface area contributed by atoms with Crippen molar-refractivity contribution >= 4 is 0 Å². The van der Waals surface area contributed by atoms with Crippen LogP contribution < -0.4 is 10.1 Å². The summed E-state index contributed by atoms with van der Waals surface area (Å²) in [5, 5.41) is 3.52. The van der Waals surface area contributed by atoms with Crippen molar-refractivity contribution in [1.29, 1.82) is 0 Å². The lowest BCUT2D eigenvalue weighted by Gasteiger charge is -2.17. The molecule has 1 heterocycles. The zero-order valence-electron chi connectivity index (χ0n) is 11.8. The average Bonchev–Trinajstić information content (AvgIpc) is 2.86. The number of benzene rings is 1. The predicted molar refractivity (Wildman–Crippen MR) is 76.6 cm³/mol. The minimum atomic E-state index is 0.0729. The first-order chi connectivity index (χ1) is 9.24. The summed E-state index contributed by atoms with van der Waals surface area (Å²) < 4.78 is 11.1. The highest BCUT2D eigenvalue weighted by Gasteiger charge is 2.17. The molecule has 1 aromatic carbocycles. The van der Waals surface area contributed by atoms with Gasteiger partial charge in [0, 0.05) is 0 Å². The summed E-state index contributed by atoms with van der Waals surface area (Å²) >= 11 is 0. The lowest BCUT2D eigenvalue weighted by Crippen LogP contribution is -2.22. The van der Waals surface area contributed by atoms with Crippen LogP contribution in [0.5, 0.6) is 5.75 Å². The van der Waals surface area contributed by atoms with Gasteiger partial charge in [-0.15, -0.1) is 0 Å². The summed E-state index contributed by atoms with van der Waals surface area (Å²) in [6, 6.07) is 12.2. The fraction of sp³-hybridized carbons (Fsp3) is 0.375. The summed E-state index contributed by atoms with van der Waals surface area (Å²) in [6.45, 7) is 5.07. The molecule has 3 heteroatoms. The fourth-order valence-corrected chi connectivity index (χ4v) is 2.10. The van der Waals surface area contributed by atoms with E-state index in [4.69, 9.17) is 9.15 Å². The molecule has 0 spiro atoms. The largest absolute Gasteiger partial charge is 0.497 e. The molecule has 0 amide bonds. The third-order valence-electron chi connectivity index (χ3n) is 3.07. The van der Waals surface area contributed by atoms with Crippen molar-refractivity contribution in [2.24, 2.45) is 0 Å². The normalized spacial score (nSPS) is 12.4. The third-order valence-corrected chi connectivity index (χ3v) is 3.07. The summed E-state index contributed by atoms with van der Waals surface area (Å²) in [5.41, 5.74) is 1.15. The van der Waals surface area contributed by atoms with Crippen LogP contribution in [0.2, 0.25) is 0 Å². The number of aryl methyl sites for hydroxylation is 1. The molecule has 1 aromatic heterocycles. The van der Waals surface area contributed by atoms with E-state index in [0.29, 0.717) is 0 Å². The molecule has 1 unspecified atom stereocenters. The van der Waals surface area contributed by atoms with Gasteiger partial charge in [0.05, 0.1) is 13.2 Å². The number of nitrogens with one attached hydrogen (secondary N) is 1. The predicted octanol–water partition coefficient (Wildman–Crippen LogP) is 3.69. The van der Waals surface area contributed by atoms with Gasteiger partial charge < -0.3 is 14.5 Å². The lowest BCUT2D eigenvalue weighted by molar-refractivity contribution is 0.409. The van der Waals surface area contributed by atoms with Gasteiger partial charge in [-0.1, -0.05) is 19.1 Å². The molecule has 0 aliphatic heterocycles. The van der Waals surface area contributed by atoms with Crippen LogP contribution in [-0.4, -0.2) is 13.7 Å². The van der Waals surface area contributed by atoms with Crippen LogP contribution in [0.3, 0.4) is 0 Å². The van der Waals surface area contributed by atoms with Gasteiger partial charge in [-0.3, -0.25) is 0 Å². The van der Waals surface area contributed by atoms with E-state index in [1.807, 2.05) is 37.3 Å². The minimum Gasteiger partial charge on any atom is -0.497 e. The Morgan fingerprint density at radius 2 is 2.11 bits per heavy atom. The quantitative estimate of drug-likeness (QED) is 0.859. The Labute approximate surface area is 114 Å². The van der Waals surface area contributed by atoms with Gasteiger partial charge in [-0.25, -0.2) is 0 Å². The summed E-state index contributed by atoms with van der Waals surface area (Å²) in [6.07, 6.45) is 1.08. The molecule has 0 aliphatic carbocycles. The Hall–Kier alpha value is -1.74. The van der Waals surface area contributed by atoms with Crippen molar-refractivity contribution in [2.45, 2.75) is 26.3 Å². The molecule has 102 valence electrons. The molecule has 0 saturated carbocycles. The molecule has 1 N–H and O–H groups in total. The third kappa shape index (κ3) is 3.38. The van der Waals surface area contributed by atoms with Crippen LogP contribution in [0.25, 0.3) is 0 Å². The Morgan fingerprint density at radius 1 is 1.26 bits per heavy atom. The van der Waals surface area contributed by atoms with Gasteiger partial charge in [0.1, 0.15) is 17.3 Å². The molecule has 2 aromatic rings. The SMILES string of the molecule is CCCNC(c1cccc(OC)c1)c1ccc(C)o1. The van der Waals surface area contributed by atoms with E-state index in [1.165, 1.54) is 0 Å². The van der Waals surface area contributed by atoms with E-state index in [0.717, 1.165) is 35.8 Å². The van der Waals surface area contributed by atoms with E-state index in [-0.39, 0.29) is 6.04 Å². The summed E-state index contributed by atoms with van der Waals surface area (Å²) in [4.78, 5) is 0. The molecule has 0 bridgehead atoms. The highest BCUT2D eigenvalue weighted by Crippen LogP contribution is 2.26. The monoisotopic (exact) mass is 259 g/mol. The summed E-state index contributed by atoms with van der Waals surface area (Å²) in [5.74, 6) is 2.74. The highest BCUT2D eigenvalue weighted by atomic mass is 16.5. The molecular formula is C16H21NO2. The molecular weight excluding hydrogens is 238 g/mol. The average molecular weight is 259 g/mol. The number of rotatable bonds is 6. The first-order valence-corrected chi connectivity index (χ1v) is 6.68. The maximum Gasteiger partial charge on any atom is 0.125 e. The van der Waals surface area contributed by atoms with E-state index in [9.17, 15) is 0 Å². The highest BCUT2D eigenvalue weighted by molar-refractivity contribution is 5.34. The van der Waals surface area contributed by atoms with Crippen LogP contribution in [-0.2, 0) is 0 Å². The van der Waals surface area contributed by atoms with Crippen molar-refractivity contribution in [1.82, 2.24) is 5.32 Å². The zero-order valence-corrected chi connectivity index (χ0v) is 11.8. The summed E-state index contributed by atoms with van der Waals surface area (Å²) in [7, 11) is 1.69. The molecule has 0 aliphatic rings. The van der Waals surface area contributed by atoms with Crippen LogP contribution in [0, 0.1) is 6.92 Å². The second-order valence-corrected chi connectivity index (χ2v) is 4.61. The first-order valence-electron chi connectivity index (χ1n) is 6.68. The van der Waals surface area contributed by atoms with Gasteiger partial charge in [-0.2, -0.15) is 0 Å². The fourth-order valence-electron chi connectivity index (χ4n) is 2.10. The Bertz CT molecular complexity index is 519. The number of hydrogen-bond acceptors (Lipinski definition) is 3. The van der Waals surface area contributed by atoms with Crippen molar-refractivity contribution < 1.29 is 9.15 Å². The van der Waals surface area contributed by atoms with Crippen LogP contribution in [0.1, 0.15) is 36.5 Å². The number of ether oxygens (including phenoxy) is 1. The van der Waals surface area contributed by atoms with Gasteiger partial charge in [0.15, 0.2) is 0 Å². The van der Waals surface area contributed by atoms with E-state index in [2.05, 4.69) is 18.3 Å². The molecule has 0 radical (unpaired) electrons. The van der Waals surface area contributed by atoms with Gasteiger partial charge >= 0.3 is 0 Å². The van der Waals surface area contributed by atoms with E-state index in [1.54, 1.807) is 7.11 Å². The van der Waals surface area contributed by atoms with Crippen molar-refractivity contribution in [2.75, 3.05) is 13.7 Å². The smallest absolute Gasteiger partial charge is 0.125 e. The Balaban J connectivity index is 2.30. The molecule has 0 fully saturated rings. The van der Waals surface area contributed by atoms with Crippen LogP contribution >= 0.6 is 0 Å². The van der Waals surface area contributed by atoms with Gasteiger partial charge in [0.25, 0.3) is 0 Å². The topological polar surface area (TPSA) is 34.4 Å². The minimum absolute atomic E-state index is 0.0729. The van der Waals surface area contributed by atoms with E-state index >= 15 is 0 Å². The first kappa shape index (κ1) is 13.7. The van der Waals surface area contributed by atoms with Crippen molar-refractivity contribution in [3.05, 3.63) is 53.5 Å². The number of hydrogen-bond donors (Lipinski definition) is 1. The Kier molecular flexibility index (Phi) is 4.63. The van der Waals surface area contributed by atoms with Crippen LogP contribution in [0.15, 0.2) is 40.8 Å². The molecule has 3 nitrogen and oxygen atoms in total. The number of methoxy groups -OCH3 is 1. The van der Waals surface area contributed by atoms with Gasteiger partial charge in [-0.05, 0) is 49.7 Å². The molecule has 19 heavy (non-hydrogen) atoms. The molecule has 0 saturated heterocycles. The van der Waals surface area contributed by atoms with Crippen LogP contribution in [0.4, 0.5) is 0 Å². The standard InChI is InChI=1S/C16H21NO2/c1-4-10-17-16(15-9-8-12(2)19-15)13-6-5-7-14(11-13)18-3/h5-9,11,16-17H,4,10H2,1-3H3. The second kappa shape index (κ2) is 6.43. The lowest BCUT2D eigenvalue weighted by atomic mass is 10.0. The molecule has 1 atom stereocenters. The maximum absolute atomic E-state index is 5.77. The second-order valence-electron chi connectivity index (χ2n) is 4.61. The van der Waals surface area contributed by atoms with E-state index < -0.39 is 0 Å².